The number of halogens is 1. The summed E-state index contributed by atoms with van der Waals surface area (Å²) in [7, 11) is -1.78. The summed E-state index contributed by atoms with van der Waals surface area (Å²) in [6.07, 6.45) is 6.05. The predicted molar refractivity (Wildman–Crippen MR) is 158 cm³/mol. The number of carbonyl (C=O) groups is 1. The lowest BCUT2D eigenvalue weighted by molar-refractivity contribution is 0.0964. The Labute approximate surface area is 241 Å². The molecule has 2 aromatic carbocycles. The summed E-state index contributed by atoms with van der Waals surface area (Å²) < 4.78 is 62.4. The summed E-state index contributed by atoms with van der Waals surface area (Å²) in [4.78, 5) is 17.1. The molecule has 1 amide bonds. The number of carbonyl (C=O) groups excluding carboxylic acids is 1. The highest BCUT2D eigenvalue weighted by Gasteiger charge is 2.33. The molecule has 0 saturated carbocycles. The number of hydrogen-bond donors (Lipinski definition) is 1. The quantitative estimate of drug-likeness (QED) is 0.321. The molecule has 2 aromatic heterocycles. The lowest BCUT2D eigenvalue weighted by atomic mass is 9.89. The molecule has 0 radical (unpaired) electrons. The highest BCUT2D eigenvalue weighted by molar-refractivity contribution is 7.88. The molecule has 3 heterocycles. The monoisotopic (exact) mass is 598 g/mol. The van der Waals surface area contributed by atoms with Crippen LogP contribution in [-0.4, -0.2) is 61.3 Å². The van der Waals surface area contributed by atoms with E-state index < -0.39 is 26.8 Å². The first-order valence-electron chi connectivity index (χ1n) is 13.1. The fourth-order valence-electron chi connectivity index (χ4n) is 5.27. The highest BCUT2D eigenvalue weighted by atomic mass is 32.2. The van der Waals surface area contributed by atoms with Crippen molar-refractivity contribution >= 4 is 43.6 Å². The standard InChI is InChI=1S/C29H31FN4O5S2/c1-31-29(35)27-24-15-23(21-5-4-14-34(17-21)41(37,38)18-19-10-12-32-13-11-19)25(33(2)40(3)36)16-26(24)39-28(27)20-6-8-22(30)9-7-20/h6-13,15-16,21H,4-5,14,17-18H2,1-3H3,(H,31,35)/t21-,40?/m0/s1. The molecule has 216 valence electrons. The Morgan fingerprint density at radius 2 is 1.90 bits per heavy atom. The summed E-state index contributed by atoms with van der Waals surface area (Å²) in [5, 5.41) is 3.20. The van der Waals surface area contributed by atoms with Crippen molar-refractivity contribution in [3.05, 3.63) is 83.4 Å². The first-order valence-corrected chi connectivity index (χ1v) is 16.2. The predicted octanol–water partition coefficient (Wildman–Crippen LogP) is 4.43. The van der Waals surface area contributed by atoms with Gasteiger partial charge in [0.25, 0.3) is 5.91 Å². The molecule has 1 N–H and O–H groups in total. The zero-order chi connectivity index (χ0) is 29.3. The maximum absolute atomic E-state index is 13.7. The van der Waals surface area contributed by atoms with Crippen LogP contribution in [0, 0.1) is 5.82 Å². The minimum Gasteiger partial charge on any atom is -0.455 e. The van der Waals surface area contributed by atoms with Crippen molar-refractivity contribution in [1.82, 2.24) is 14.6 Å². The van der Waals surface area contributed by atoms with Gasteiger partial charge in [0.1, 0.15) is 28.1 Å². The number of benzene rings is 2. The average molecular weight is 599 g/mol. The van der Waals surface area contributed by atoms with Gasteiger partial charge in [0.05, 0.1) is 17.0 Å². The molecule has 0 spiro atoms. The number of nitrogens with zero attached hydrogens (tertiary/aromatic N) is 3. The third-order valence-electron chi connectivity index (χ3n) is 7.44. The molecule has 1 unspecified atom stereocenters. The van der Waals surface area contributed by atoms with Crippen molar-refractivity contribution in [1.29, 1.82) is 0 Å². The Balaban J connectivity index is 1.61. The number of fused-ring (bicyclic) bond motifs is 1. The van der Waals surface area contributed by atoms with Gasteiger partial charge in [-0.1, -0.05) is 0 Å². The molecular formula is C29H31FN4O5S2. The van der Waals surface area contributed by atoms with Crippen molar-refractivity contribution in [2.45, 2.75) is 24.5 Å². The van der Waals surface area contributed by atoms with Crippen molar-refractivity contribution in [2.75, 3.05) is 37.7 Å². The van der Waals surface area contributed by atoms with Gasteiger partial charge in [-0.3, -0.25) is 14.1 Å². The summed E-state index contributed by atoms with van der Waals surface area (Å²) in [6, 6.07) is 12.6. The van der Waals surface area contributed by atoms with Crippen molar-refractivity contribution in [2.24, 2.45) is 0 Å². The summed E-state index contributed by atoms with van der Waals surface area (Å²) in [5.41, 5.74) is 3.28. The first kappa shape index (κ1) is 28.9. The molecule has 1 aliphatic heterocycles. The summed E-state index contributed by atoms with van der Waals surface area (Å²) in [5.74, 6) is -0.851. The van der Waals surface area contributed by atoms with Gasteiger partial charge in [-0.15, -0.1) is 0 Å². The van der Waals surface area contributed by atoms with Crippen LogP contribution in [0.15, 0.2) is 65.3 Å². The van der Waals surface area contributed by atoms with E-state index >= 15 is 0 Å². The molecule has 5 rings (SSSR count). The molecule has 1 aliphatic rings. The summed E-state index contributed by atoms with van der Waals surface area (Å²) in [6.45, 7) is 0.648. The Kier molecular flexibility index (Phi) is 8.25. The largest absolute Gasteiger partial charge is 0.455 e. The normalized spacial score (nSPS) is 16.9. The van der Waals surface area contributed by atoms with Crippen LogP contribution in [0.25, 0.3) is 22.3 Å². The number of rotatable bonds is 8. The zero-order valence-electron chi connectivity index (χ0n) is 23.0. The Morgan fingerprint density at radius 1 is 1.20 bits per heavy atom. The third-order valence-corrected chi connectivity index (χ3v) is 10.2. The van der Waals surface area contributed by atoms with E-state index in [4.69, 9.17) is 4.42 Å². The lowest BCUT2D eigenvalue weighted by Gasteiger charge is -2.34. The van der Waals surface area contributed by atoms with Crippen LogP contribution >= 0.6 is 0 Å². The number of piperidine rings is 1. The number of furan rings is 1. The molecule has 41 heavy (non-hydrogen) atoms. The number of hydrogen-bond acceptors (Lipinski definition) is 6. The first-order chi connectivity index (χ1) is 19.6. The van der Waals surface area contributed by atoms with Gasteiger partial charge in [-0.05, 0) is 72.4 Å². The van der Waals surface area contributed by atoms with E-state index in [-0.39, 0.29) is 29.9 Å². The molecule has 0 aliphatic carbocycles. The van der Waals surface area contributed by atoms with Crippen LogP contribution in [-0.2, 0) is 26.8 Å². The number of aromatic nitrogens is 1. The molecule has 0 bridgehead atoms. The molecule has 1 fully saturated rings. The Morgan fingerprint density at radius 3 is 2.56 bits per heavy atom. The van der Waals surface area contributed by atoms with Crippen LogP contribution in [0.2, 0.25) is 0 Å². The number of sulfonamides is 1. The topological polar surface area (TPSA) is 113 Å². The number of anilines is 1. The van der Waals surface area contributed by atoms with Crippen LogP contribution in [0.5, 0.6) is 0 Å². The van der Waals surface area contributed by atoms with Crippen molar-refractivity contribution in [3.63, 3.8) is 0 Å². The van der Waals surface area contributed by atoms with Gasteiger partial charge in [0.15, 0.2) is 0 Å². The Bertz CT molecular complexity index is 1710. The second-order valence-electron chi connectivity index (χ2n) is 10.0. The molecular weight excluding hydrogens is 567 g/mol. The molecule has 1 saturated heterocycles. The number of nitrogens with one attached hydrogen (secondary N) is 1. The third kappa shape index (κ3) is 5.90. The minimum absolute atomic E-state index is 0.128. The number of pyridine rings is 1. The summed E-state index contributed by atoms with van der Waals surface area (Å²) >= 11 is 0. The van der Waals surface area contributed by atoms with E-state index in [0.717, 1.165) is 5.56 Å². The second kappa shape index (κ2) is 11.7. The van der Waals surface area contributed by atoms with Crippen molar-refractivity contribution in [3.8, 4) is 11.3 Å². The van der Waals surface area contributed by atoms with Crippen LogP contribution in [0.3, 0.4) is 0 Å². The minimum atomic E-state index is -3.61. The fourth-order valence-corrected chi connectivity index (χ4v) is 7.32. The molecule has 4 aromatic rings. The molecule has 12 heteroatoms. The van der Waals surface area contributed by atoms with Crippen LogP contribution in [0.1, 0.15) is 40.2 Å². The van der Waals surface area contributed by atoms with Crippen LogP contribution in [0.4, 0.5) is 10.1 Å². The Hall–Kier alpha value is -3.61. The van der Waals surface area contributed by atoms with E-state index in [2.05, 4.69) is 10.3 Å². The van der Waals surface area contributed by atoms with Crippen molar-refractivity contribution < 1.29 is 26.2 Å². The van der Waals surface area contributed by atoms with E-state index in [1.54, 1.807) is 60.3 Å². The molecule has 2 atom stereocenters. The average Bonchev–Trinajstić information content (AvgIpc) is 3.35. The van der Waals surface area contributed by atoms with E-state index in [0.29, 0.717) is 52.7 Å². The molecule has 9 nitrogen and oxygen atoms in total. The number of amides is 1. The SMILES string of the molecule is CNC(=O)c1c(-c2ccc(F)cc2)oc2cc(N(C)S(C)=O)c([C@H]3CCCN(S(=O)(=O)Cc4ccncc4)C3)cc12. The van der Waals surface area contributed by atoms with Crippen LogP contribution < -0.4 is 9.62 Å². The van der Waals surface area contributed by atoms with Gasteiger partial charge >= 0.3 is 0 Å². The van der Waals surface area contributed by atoms with E-state index in [1.165, 1.54) is 23.5 Å². The second-order valence-corrected chi connectivity index (χ2v) is 13.4. The van der Waals surface area contributed by atoms with Gasteiger partial charge in [-0.25, -0.2) is 21.3 Å². The zero-order valence-corrected chi connectivity index (χ0v) is 24.6. The lowest BCUT2D eigenvalue weighted by Crippen LogP contribution is -2.40. The van der Waals surface area contributed by atoms with Gasteiger partial charge < -0.3 is 9.73 Å². The van der Waals surface area contributed by atoms with E-state index in [9.17, 15) is 21.8 Å². The van der Waals surface area contributed by atoms with Gasteiger partial charge in [0, 0.05) is 62.9 Å². The van der Waals surface area contributed by atoms with E-state index in [1.807, 2.05) is 6.07 Å². The fraction of sp³-hybridized carbons (Fsp3) is 0.310. The smallest absolute Gasteiger partial charge is 0.255 e. The van der Waals surface area contributed by atoms with Gasteiger partial charge in [-0.2, -0.15) is 0 Å². The highest BCUT2D eigenvalue weighted by Crippen LogP contribution is 2.42. The maximum Gasteiger partial charge on any atom is 0.255 e. The van der Waals surface area contributed by atoms with Gasteiger partial charge in [0.2, 0.25) is 10.0 Å². The maximum atomic E-state index is 13.7.